The van der Waals surface area contributed by atoms with Gasteiger partial charge in [-0.25, -0.2) is 9.97 Å². The van der Waals surface area contributed by atoms with E-state index in [0.717, 1.165) is 44.2 Å². The molecule has 0 N–H and O–H groups in total. The van der Waals surface area contributed by atoms with Crippen LogP contribution in [0.1, 0.15) is 5.69 Å². The van der Waals surface area contributed by atoms with E-state index in [1.807, 2.05) is 17.8 Å². The molecule has 0 spiro atoms. The average Bonchev–Trinajstić information content (AvgIpc) is 3.17. The van der Waals surface area contributed by atoms with E-state index in [2.05, 4.69) is 29.4 Å². The summed E-state index contributed by atoms with van der Waals surface area (Å²) in [6, 6.07) is 0.358. The Morgan fingerprint density at radius 1 is 1.29 bits per heavy atom. The number of likely N-dealkylation sites (tertiary alicyclic amines) is 1. The van der Waals surface area contributed by atoms with Crippen LogP contribution in [0.4, 0.5) is 5.69 Å². The second-order valence-electron chi connectivity index (χ2n) is 5.36. The van der Waals surface area contributed by atoms with E-state index in [-0.39, 0.29) is 6.10 Å². The SMILES string of the molecule is c1ncc(N2CCO[C@H]3CN(Cc4csnn4)C[C@H]32)cn1. The summed E-state index contributed by atoms with van der Waals surface area (Å²) in [4.78, 5) is 13.0. The largest absolute Gasteiger partial charge is 0.373 e. The van der Waals surface area contributed by atoms with Crippen molar-refractivity contribution in [3.8, 4) is 0 Å². The van der Waals surface area contributed by atoms with Gasteiger partial charge in [-0.1, -0.05) is 4.49 Å². The van der Waals surface area contributed by atoms with Crippen molar-refractivity contribution in [3.63, 3.8) is 0 Å². The molecule has 0 radical (unpaired) electrons. The average molecular weight is 304 g/mol. The quantitative estimate of drug-likeness (QED) is 0.814. The van der Waals surface area contributed by atoms with E-state index >= 15 is 0 Å². The van der Waals surface area contributed by atoms with Crippen LogP contribution >= 0.6 is 11.5 Å². The molecule has 0 unspecified atom stereocenters. The summed E-state index contributed by atoms with van der Waals surface area (Å²) in [6.07, 6.45) is 5.56. The van der Waals surface area contributed by atoms with Crippen molar-refractivity contribution < 1.29 is 4.74 Å². The van der Waals surface area contributed by atoms with Gasteiger partial charge in [-0.15, -0.1) is 5.10 Å². The fraction of sp³-hybridized carbons (Fsp3) is 0.538. The van der Waals surface area contributed by atoms with Crippen molar-refractivity contribution >= 4 is 17.2 Å². The minimum atomic E-state index is 0.241. The van der Waals surface area contributed by atoms with Gasteiger partial charge >= 0.3 is 0 Å². The van der Waals surface area contributed by atoms with Crippen molar-refractivity contribution in [1.29, 1.82) is 0 Å². The van der Waals surface area contributed by atoms with E-state index in [1.165, 1.54) is 11.5 Å². The summed E-state index contributed by atoms with van der Waals surface area (Å²) in [7, 11) is 0. The van der Waals surface area contributed by atoms with Crippen molar-refractivity contribution in [2.75, 3.05) is 31.1 Å². The Balaban J connectivity index is 1.50. The number of aromatic nitrogens is 4. The Kier molecular flexibility index (Phi) is 3.50. The van der Waals surface area contributed by atoms with E-state index in [9.17, 15) is 0 Å². The minimum Gasteiger partial charge on any atom is -0.373 e. The lowest BCUT2D eigenvalue weighted by molar-refractivity contribution is 0.0305. The van der Waals surface area contributed by atoms with E-state index < -0.39 is 0 Å². The number of hydrogen-bond donors (Lipinski definition) is 0. The highest BCUT2D eigenvalue weighted by atomic mass is 32.1. The molecule has 21 heavy (non-hydrogen) atoms. The van der Waals surface area contributed by atoms with Gasteiger partial charge in [0.1, 0.15) is 6.33 Å². The molecular weight excluding hydrogens is 288 g/mol. The van der Waals surface area contributed by atoms with Crippen LogP contribution in [0, 0.1) is 0 Å². The molecule has 0 amide bonds. The number of morpholine rings is 1. The third-order valence-corrected chi connectivity index (χ3v) is 4.60. The molecule has 0 saturated carbocycles. The molecule has 4 heterocycles. The molecule has 2 atom stereocenters. The Labute approximate surface area is 126 Å². The van der Waals surface area contributed by atoms with Crippen molar-refractivity contribution in [2.45, 2.75) is 18.7 Å². The lowest BCUT2D eigenvalue weighted by atomic mass is 10.1. The summed E-state index contributed by atoms with van der Waals surface area (Å²) in [5.41, 5.74) is 2.11. The molecule has 2 aliphatic rings. The molecule has 2 aromatic rings. The number of anilines is 1. The molecule has 0 aromatic carbocycles. The van der Waals surface area contributed by atoms with Crippen LogP contribution < -0.4 is 4.90 Å². The first-order valence-corrected chi connectivity index (χ1v) is 7.85. The van der Waals surface area contributed by atoms with Gasteiger partial charge in [0.05, 0.1) is 42.5 Å². The van der Waals surface area contributed by atoms with Crippen LogP contribution in [0.25, 0.3) is 0 Å². The highest BCUT2D eigenvalue weighted by Gasteiger charge is 2.40. The van der Waals surface area contributed by atoms with Crippen LogP contribution in [-0.4, -0.2) is 62.8 Å². The van der Waals surface area contributed by atoms with Gasteiger partial charge in [-0.05, 0) is 11.5 Å². The fourth-order valence-electron chi connectivity index (χ4n) is 3.14. The molecule has 2 saturated heterocycles. The van der Waals surface area contributed by atoms with Gasteiger partial charge in [-0.2, -0.15) is 0 Å². The first-order chi connectivity index (χ1) is 10.4. The smallest absolute Gasteiger partial charge is 0.115 e. The molecule has 2 aliphatic heterocycles. The third-order valence-electron chi connectivity index (χ3n) is 4.05. The zero-order valence-corrected chi connectivity index (χ0v) is 12.3. The lowest BCUT2D eigenvalue weighted by Gasteiger charge is -2.38. The van der Waals surface area contributed by atoms with Crippen molar-refractivity contribution in [3.05, 3.63) is 29.8 Å². The van der Waals surface area contributed by atoms with Gasteiger partial charge in [0.2, 0.25) is 0 Å². The Morgan fingerprint density at radius 2 is 2.19 bits per heavy atom. The van der Waals surface area contributed by atoms with Crippen molar-refractivity contribution in [2.24, 2.45) is 0 Å². The zero-order chi connectivity index (χ0) is 14.1. The van der Waals surface area contributed by atoms with Gasteiger partial charge in [0.25, 0.3) is 0 Å². The van der Waals surface area contributed by atoms with Crippen LogP contribution in [0.5, 0.6) is 0 Å². The second kappa shape index (κ2) is 5.63. The normalized spacial score (nSPS) is 26.0. The Bertz CT molecular complexity index is 580. The van der Waals surface area contributed by atoms with E-state index in [0.29, 0.717) is 6.04 Å². The standard InChI is InChI=1S/C13H16N6OS/c1-2-20-13-7-18(5-10-8-21-17-16-10)6-12(13)19(1)11-3-14-9-15-4-11/h3-4,8-9,12-13H,1-2,5-7H2/t12-,13+/m1/s1. The predicted octanol–water partition coefficient (Wildman–Crippen LogP) is 0.418. The zero-order valence-electron chi connectivity index (χ0n) is 11.5. The molecule has 2 aromatic heterocycles. The summed E-state index contributed by atoms with van der Waals surface area (Å²) in [6.45, 7) is 4.39. The van der Waals surface area contributed by atoms with Gasteiger partial charge in [0, 0.05) is 31.6 Å². The number of rotatable bonds is 3. The topological polar surface area (TPSA) is 67.3 Å². The number of hydrogen-bond acceptors (Lipinski definition) is 8. The third kappa shape index (κ3) is 2.61. The van der Waals surface area contributed by atoms with Crippen LogP contribution in [0.15, 0.2) is 24.1 Å². The lowest BCUT2D eigenvalue weighted by Crippen LogP contribution is -2.51. The highest BCUT2D eigenvalue weighted by Crippen LogP contribution is 2.27. The summed E-state index contributed by atoms with van der Waals surface area (Å²) < 4.78 is 9.87. The highest BCUT2D eigenvalue weighted by molar-refractivity contribution is 7.03. The number of nitrogens with zero attached hydrogens (tertiary/aromatic N) is 6. The van der Waals surface area contributed by atoms with Gasteiger partial charge in [-0.3, -0.25) is 4.90 Å². The van der Waals surface area contributed by atoms with Crippen LogP contribution in [0.2, 0.25) is 0 Å². The minimum absolute atomic E-state index is 0.241. The van der Waals surface area contributed by atoms with Gasteiger partial charge in [0.15, 0.2) is 0 Å². The van der Waals surface area contributed by atoms with Gasteiger partial charge < -0.3 is 9.64 Å². The molecular formula is C13H16N6OS. The first-order valence-electron chi connectivity index (χ1n) is 7.02. The monoisotopic (exact) mass is 304 g/mol. The van der Waals surface area contributed by atoms with Crippen molar-refractivity contribution in [1.82, 2.24) is 24.5 Å². The summed E-state index contributed by atoms with van der Waals surface area (Å²) >= 11 is 1.40. The number of ether oxygens (including phenoxy) is 1. The summed E-state index contributed by atoms with van der Waals surface area (Å²) in [5, 5.41) is 6.13. The second-order valence-corrected chi connectivity index (χ2v) is 5.97. The van der Waals surface area contributed by atoms with Crippen LogP contribution in [0.3, 0.4) is 0 Å². The first kappa shape index (κ1) is 13.1. The van der Waals surface area contributed by atoms with Crippen LogP contribution in [-0.2, 0) is 11.3 Å². The molecule has 4 rings (SSSR count). The fourth-order valence-corrected chi connectivity index (χ4v) is 3.58. The Morgan fingerprint density at radius 3 is 3.00 bits per heavy atom. The maximum atomic E-state index is 5.95. The van der Waals surface area contributed by atoms with E-state index in [1.54, 1.807) is 6.33 Å². The molecule has 7 nitrogen and oxygen atoms in total. The number of fused-ring (bicyclic) bond motifs is 1. The summed E-state index contributed by atoms with van der Waals surface area (Å²) in [5.74, 6) is 0. The molecule has 0 bridgehead atoms. The molecule has 2 fully saturated rings. The maximum Gasteiger partial charge on any atom is 0.115 e. The molecule has 8 heteroatoms. The molecule has 0 aliphatic carbocycles. The van der Waals surface area contributed by atoms with E-state index in [4.69, 9.17) is 4.74 Å². The Hall–Kier alpha value is -1.64. The predicted molar refractivity (Wildman–Crippen MR) is 78.1 cm³/mol. The molecule has 110 valence electrons. The maximum absolute atomic E-state index is 5.95.